The maximum Gasteiger partial charge on any atom is 0.222 e. The van der Waals surface area contributed by atoms with E-state index in [1.165, 1.54) is 0 Å². The number of carbonyl (C=O) groups is 1. The first-order valence-corrected chi connectivity index (χ1v) is 5.97. The van der Waals surface area contributed by atoms with Crippen molar-refractivity contribution < 1.29 is 4.79 Å². The zero-order valence-corrected chi connectivity index (χ0v) is 10.5. The Morgan fingerprint density at radius 2 is 2.24 bits per heavy atom. The van der Waals surface area contributed by atoms with Gasteiger partial charge in [-0.2, -0.15) is 0 Å². The van der Waals surface area contributed by atoms with Crippen molar-refractivity contribution in [3.8, 4) is 0 Å². The fourth-order valence-corrected chi connectivity index (χ4v) is 2.46. The van der Waals surface area contributed by atoms with Crippen LogP contribution in [0.25, 0.3) is 0 Å². The Morgan fingerprint density at radius 3 is 2.82 bits per heavy atom. The van der Waals surface area contributed by atoms with Crippen LogP contribution in [0, 0.1) is 12.8 Å². The van der Waals surface area contributed by atoms with Crippen LogP contribution in [0.5, 0.6) is 0 Å². The molecular formula is C12H16ClN3O. The van der Waals surface area contributed by atoms with Gasteiger partial charge >= 0.3 is 0 Å². The maximum absolute atomic E-state index is 11.2. The van der Waals surface area contributed by atoms with Crippen molar-refractivity contribution in [2.75, 3.05) is 23.7 Å². The van der Waals surface area contributed by atoms with Crippen LogP contribution < -0.4 is 16.4 Å². The van der Waals surface area contributed by atoms with Crippen molar-refractivity contribution in [1.29, 1.82) is 0 Å². The van der Waals surface area contributed by atoms with E-state index in [1.807, 2.05) is 6.92 Å². The molecule has 0 aromatic heterocycles. The molecule has 1 aromatic carbocycles. The number of rotatable bonds is 2. The number of hydrogen-bond donors (Lipinski definition) is 2. The summed E-state index contributed by atoms with van der Waals surface area (Å²) in [5.41, 5.74) is 13.9. The minimum absolute atomic E-state index is 0.0900. The van der Waals surface area contributed by atoms with Crippen molar-refractivity contribution in [3.63, 3.8) is 0 Å². The molecule has 1 atom stereocenters. The van der Waals surface area contributed by atoms with Crippen LogP contribution in [0.3, 0.4) is 0 Å². The summed E-state index contributed by atoms with van der Waals surface area (Å²) < 4.78 is 0. The second-order valence-electron chi connectivity index (χ2n) is 4.44. The van der Waals surface area contributed by atoms with Gasteiger partial charge in [0.25, 0.3) is 0 Å². The molecule has 0 bridgehead atoms. The Labute approximate surface area is 106 Å². The number of benzene rings is 1. The third-order valence-electron chi connectivity index (χ3n) is 3.30. The average molecular weight is 254 g/mol. The largest absolute Gasteiger partial charge is 0.397 e. The molecular weight excluding hydrogens is 238 g/mol. The fraction of sp³-hybridized carbons (Fsp3) is 0.417. The van der Waals surface area contributed by atoms with E-state index in [2.05, 4.69) is 4.90 Å². The van der Waals surface area contributed by atoms with Gasteiger partial charge in [0.1, 0.15) is 0 Å². The minimum Gasteiger partial charge on any atom is -0.397 e. The number of halogens is 1. The van der Waals surface area contributed by atoms with E-state index in [-0.39, 0.29) is 11.8 Å². The van der Waals surface area contributed by atoms with Gasteiger partial charge in [0, 0.05) is 18.1 Å². The van der Waals surface area contributed by atoms with Crippen LogP contribution in [0.1, 0.15) is 12.0 Å². The molecule has 4 nitrogen and oxygen atoms in total. The lowest BCUT2D eigenvalue weighted by Crippen LogP contribution is -2.28. The van der Waals surface area contributed by atoms with Crippen LogP contribution in [0.2, 0.25) is 5.02 Å². The molecule has 1 saturated heterocycles. The standard InChI is InChI=1S/C12H16ClN3O/c1-7-9(13)2-3-10(14)11(7)16-5-4-8(6-16)12(15)17/h2-3,8H,4-6,14H2,1H3,(H2,15,17). The zero-order chi connectivity index (χ0) is 12.6. The molecule has 92 valence electrons. The molecule has 1 amide bonds. The number of primary amides is 1. The average Bonchev–Trinajstić information content (AvgIpc) is 2.73. The van der Waals surface area contributed by atoms with Gasteiger partial charge in [0.05, 0.1) is 17.3 Å². The highest BCUT2D eigenvalue weighted by atomic mass is 35.5. The van der Waals surface area contributed by atoms with Crippen LogP contribution >= 0.6 is 11.6 Å². The molecule has 4 N–H and O–H groups in total. The highest BCUT2D eigenvalue weighted by Gasteiger charge is 2.28. The van der Waals surface area contributed by atoms with Crippen molar-refractivity contribution in [2.24, 2.45) is 11.7 Å². The van der Waals surface area contributed by atoms with Gasteiger partial charge in [-0.05, 0) is 31.0 Å². The van der Waals surface area contributed by atoms with E-state index in [9.17, 15) is 4.79 Å². The Hall–Kier alpha value is -1.42. The molecule has 0 spiro atoms. The summed E-state index contributed by atoms with van der Waals surface area (Å²) >= 11 is 6.09. The fourth-order valence-electron chi connectivity index (χ4n) is 2.31. The number of amides is 1. The second kappa shape index (κ2) is 4.45. The summed E-state index contributed by atoms with van der Waals surface area (Å²) in [4.78, 5) is 13.2. The zero-order valence-electron chi connectivity index (χ0n) is 9.74. The third kappa shape index (κ3) is 2.17. The molecule has 5 heteroatoms. The maximum atomic E-state index is 11.2. The number of nitrogen functional groups attached to an aromatic ring is 1. The molecule has 1 aliphatic rings. The summed E-state index contributed by atoms with van der Waals surface area (Å²) in [6.45, 7) is 3.35. The summed E-state index contributed by atoms with van der Waals surface area (Å²) in [6, 6.07) is 3.58. The lowest BCUT2D eigenvalue weighted by Gasteiger charge is -2.23. The summed E-state index contributed by atoms with van der Waals surface area (Å²) in [6.07, 6.45) is 0.778. The van der Waals surface area contributed by atoms with E-state index in [1.54, 1.807) is 12.1 Å². The molecule has 0 saturated carbocycles. The number of nitrogens with zero attached hydrogens (tertiary/aromatic N) is 1. The monoisotopic (exact) mass is 253 g/mol. The first kappa shape index (κ1) is 12.0. The molecule has 1 unspecified atom stereocenters. The Balaban J connectivity index is 2.30. The third-order valence-corrected chi connectivity index (χ3v) is 3.71. The van der Waals surface area contributed by atoms with Crippen LogP contribution in [0.15, 0.2) is 12.1 Å². The Bertz CT molecular complexity index is 461. The topological polar surface area (TPSA) is 72.3 Å². The van der Waals surface area contributed by atoms with Gasteiger partial charge in [0.2, 0.25) is 5.91 Å². The molecule has 17 heavy (non-hydrogen) atoms. The Morgan fingerprint density at radius 1 is 1.53 bits per heavy atom. The summed E-state index contributed by atoms with van der Waals surface area (Å²) in [5, 5.41) is 0.691. The highest BCUT2D eigenvalue weighted by Crippen LogP contribution is 2.35. The van der Waals surface area contributed by atoms with Gasteiger partial charge in [-0.1, -0.05) is 11.6 Å². The molecule has 1 fully saturated rings. The SMILES string of the molecule is Cc1c(Cl)ccc(N)c1N1CCC(C(N)=O)C1. The van der Waals surface area contributed by atoms with Gasteiger partial charge in [0.15, 0.2) is 0 Å². The molecule has 0 radical (unpaired) electrons. The number of nitrogens with two attached hydrogens (primary N) is 2. The Kier molecular flexibility index (Phi) is 3.15. The van der Waals surface area contributed by atoms with Crippen LogP contribution in [-0.2, 0) is 4.79 Å². The van der Waals surface area contributed by atoms with Gasteiger partial charge in [-0.3, -0.25) is 4.79 Å². The molecule has 1 heterocycles. The van der Waals surface area contributed by atoms with E-state index in [4.69, 9.17) is 23.1 Å². The number of hydrogen-bond acceptors (Lipinski definition) is 3. The minimum atomic E-state index is -0.245. The highest BCUT2D eigenvalue weighted by molar-refractivity contribution is 6.32. The van der Waals surface area contributed by atoms with Crippen molar-refractivity contribution in [2.45, 2.75) is 13.3 Å². The molecule has 0 aliphatic carbocycles. The van der Waals surface area contributed by atoms with Crippen LogP contribution in [-0.4, -0.2) is 19.0 Å². The molecule has 1 aliphatic heterocycles. The normalized spacial score (nSPS) is 19.6. The summed E-state index contributed by atoms with van der Waals surface area (Å²) in [7, 11) is 0. The quantitative estimate of drug-likeness (QED) is 0.786. The van der Waals surface area contributed by atoms with E-state index >= 15 is 0 Å². The first-order valence-electron chi connectivity index (χ1n) is 5.59. The molecule has 2 rings (SSSR count). The predicted molar refractivity (Wildman–Crippen MR) is 70.1 cm³/mol. The lowest BCUT2D eigenvalue weighted by atomic mass is 10.1. The van der Waals surface area contributed by atoms with Gasteiger partial charge in [-0.25, -0.2) is 0 Å². The lowest BCUT2D eigenvalue weighted by molar-refractivity contribution is -0.121. The van der Waals surface area contributed by atoms with E-state index in [0.29, 0.717) is 17.3 Å². The first-order chi connectivity index (χ1) is 8.00. The predicted octanol–water partition coefficient (Wildman–Crippen LogP) is 1.54. The van der Waals surface area contributed by atoms with Crippen molar-refractivity contribution in [1.82, 2.24) is 0 Å². The molecule has 1 aromatic rings. The number of anilines is 2. The van der Waals surface area contributed by atoms with Gasteiger partial charge < -0.3 is 16.4 Å². The van der Waals surface area contributed by atoms with Gasteiger partial charge in [-0.15, -0.1) is 0 Å². The van der Waals surface area contributed by atoms with Crippen molar-refractivity contribution >= 4 is 28.9 Å². The number of carbonyl (C=O) groups excluding carboxylic acids is 1. The summed E-state index contributed by atoms with van der Waals surface area (Å²) in [5.74, 6) is -0.335. The van der Waals surface area contributed by atoms with E-state index < -0.39 is 0 Å². The smallest absolute Gasteiger partial charge is 0.222 e. The van der Waals surface area contributed by atoms with Crippen molar-refractivity contribution in [3.05, 3.63) is 22.7 Å². The van der Waals surface area contributed by atoms with E-state index in [0.717, 1.165) is 24.2 Å². The van der Waals surface area contributed by atoms with Crippen LogP contribution in [0.4, 0.5) is 11.4 Å². The second-order valence-corrected chi connectivity index (χ2v) is 4.85.